The van der Waals surface area contributed by atoms with Crippen molar-refractivity contribution >= 4 is 0 Å². The first-order chi connectivity index (χ1) is 9.78. The second kappa shape index (κ2) is 6.25. The Balaban J connectivity index is 1.54. The number of ether oxygens (including phenoxy) is 1. The minimum Gasteiger partial charge on any atom is -0.380 e. The number of rotatable bonds is 6. The average Bonchev–Trinajstić information content (AvgIpc) is 3.22. The van der Waals surface area contributed by atoms with Gasteiger partial charge in [-0.05, 0) is 37.3 Å². The second-order valence-electron chi connectivity index (χ2n) is 6.29. The fraction of sp³-hybridized carbons (Fsp3) is 0.647. The summed E-state index contributed by atoms with van der Waals surface area (Å²) in [5.41, 5.74) is 2.67. The largest absolute Gasteiger partial charge is 0.380 e. The number of likely N-dealkylation sites (tertiary alicyclic amines) is 1. The van der Waals surface area contributed by atoms with Gasteiger partial charge in [0, 0.05) is 38.3 Å². The number of benzene rings is 1. The molecule has 0 radical (unpaired) electrons. The van der Waals surface area contributed by atoms with E-state index in [4.69, 9.17) is 4.74 Å². The van der Waals surface area contributed by atoms with Crippen LogP contribution in [0, 0.1) is 0 Å². The maximum atomic E-state index is 5.28. The van der Waals surface area contributed by atoms with E-state index >= 15 is 0 Å². The molecule has 110 valence electrons. The molecular formula is C17H26N2O. The Bertz CT molecular complexity index is 444. The smallest absolute Gasteiger partial charge is 0.0716 e. The summed E-state index contributed by atoms with van der Waals surface area (Å²) in [5, 5.41) is 3.74. The van der Waals surface area contributed by atoms with Crippen LogP contribution in [0.4, 0.5) is 0 Å². The molecule has 1 aliphatic carbocycles. The molecule has 1 heterocycles. The van der Waals surface area contributed by atoms with Crippen molar-refractivity contribution in [2.45, 2.75) is 57.5 Å². The molecule has 3 heteroatoms. The van der Waals surface area contributed by atoms with Crippen molar-refractivity contribution in [2.24, 2.45) is 0 Å². The molecule has 3 rings (SSSR count). The van der Waals surface area contributed by atoms with Gasteiger partial charge in [0.15, 0.2) is 0 Å². The van der Waals surface area contributed by atoms with Crippen LogP contribution in [0.2, 0.25) is 0 Å². The maximum absolute atomic E-state index is 5.28. The molecule has 2 fully saturated rings. The molecule has 2 unspecified atom stereocenters. The lowest BCUT2D eigenvalue weighted by molar-refractivity contribution is 0.184. The number of methoxy groups -OCH3 is 1. The van der Waals surface area contributed by atoms with Crippen molar-refractivity contribution in [1.82, 2.24) is 10.2 Å². The van der Waals surface area contributed by atoms with Gasteiger partial charge < -0.3 is 10.1 Å². The van der Waals surface area contributed by atoms with E-state index < -0.39 is 0 Å². The summed E-state index contributed by atoms with van der Waals surface area (Å²) >= 11 is 0. The van der Waals surface area contributed by atoms with Crippen LogP contribution in [0.1, 0.15) is 37.3 Å². The lowest BCUT2D eigenvalue weighted by atomic mass is 10.1. The van der Waals surface area contributed by atoms with Crippen LogP contribution >= 0.6 is 0 Å². The fourth-order valence-electron chi connectivity index (χ4n) is 3.40. The zero-order chi connectivity index (χ0) is 13.9. The molecule has 1 aliphatic heterocycles. The Morgan fingerprint density at radius 3 is 2.70 bits per heavy atom. The highest BCUT2D eigenvalue weighted by Crippen LogP contribution is 2.33. The third-order valence-electron chi connectivity index (χ3n) is 4.64. The van der Waals surface area contributed by atoms with E-state index in [1.54, 1.807) is 7.11 Å². The fourth-order valence-corrected chi connectivity index (χ4v) is 3.40. The summed E-state index contributed by atoms with van der Waals surface area (Å²) in [6.07, 6.45) is 4.10. The third-order valence-corrected chi connectivity index (χ3v) is 4.64. The summed E-state index contributed by atoms with van der Waals surface area (Å²) in [6.45, 7) is 5.25. The number of nitrogens with one attached hydrogen (secondary N) is 1. The Hall–Kier alpha value is -0.900. The van der Waals surface area contributed by atoms with Gasteiger partial charge in [-0.3, -0.25) is 4.90 Å². The van der Waals surface area contributed by atoms with Gasteiger partial charge in [-0.25, -0.2) is 0 Å². The first-order valence-electron chi connectivity index (χ1n) is 7.82. The summed E-state index contributed by atoms with van der Waals surface area (Å²) in [4.78, 5) is 2.69. The zero-order valence-electron chi connectivity index (χ0n) is 12.6. The first kappa shape index (κ1) is 14.1. The van der Waals surface area contributed by atoms with Crippen LogP contribution in [0.15, 0.2) is 24.3 Å². The Kier molecular flexibility index (Phi) is 4.39. The molecule has 20 heavy (non-hydrogen) atoms. The molecule has 2 aliphatic rings. The van der Waals surface area contributed by atoms with Gasteiger partial charge in [-0.2, -0.15) is 0 Å². The molecule has 3 nitrogen and oxygen atoms in total. The SMILES string of the molecule is COCc1ccccc1CNC1CC(C)N(C2CC2)C1. The van der Waals surface area contributed by atoms with Gasteiger partial charge in [0.05, 0.1) is 6.61 Å². The van der Waals surface area contributed by atoms with Gasteiger partial charge in [-0.1, -0.05) is 24.3 Å². The molecule has 0 bridgehead atoms. The Morgan fingerprint density at radius 2 is 2.00 bits per heavy atom. The molecule has 1 aromatic carbocycles. The van der Waals surface area contributed by atoms with Gasteiger partial charge in [0.2, 0.25) is 0 Å². The lowest BCUT2D eigenvalue weighted by Gasteiger charge is -2.20. The standard InChI is InChI=1S/C17H26N2O/c1-13-9-16(11-19(13)17-7-8-17)18-10-14-5-3-4-6-15(14)12-20-2/h3-6,13,16-18H,7-12H2,1-2H3. The van der Waals surface area contributed by atoms with Crippen LogP contribution in [0.3, 0.4) is 0 Å². The highest BCUT2D eigenvalue weighted by atomic mass is 16.5. The third kappa shape index (κ3) is 3.22. The van der Waals surface area contributed by atoms with Crippen LogP contribution in [0.25, 0.3) is 0 Å². The molecule has 1 N–H and O–H groups in total. The van der Waals surface area contributed by atoms with E-state index in [1.807, 2.05) is 0 Å². The lowest BCUT2D eigenvalue weighted by Crippen LogP contribution is -2.34. The van der Waals surface area contributed by atoms with E-state index in [1.165, 1.54) is 36.9 Å². The van der Waals surface area contributed by atoms with Gasteiger partial charge >= 0.3 is 0 Å². The predicted molar refractivity (Wildman–Crippen MR) is 81.6 cm³/mol. The molecule has 1 aromatic rings. The summed E-state index contributed by atoms with van der Waals surface area (Å²) in [7, 11) is 1.76. The van der Waals surface area contributed by atoms with Crippen molar-refractivity contribution in [1.29, 1.82) is 0 Å². The number of hydrogen-bond donors (Lipinski definition) is 1. The van der Waals surface area contributed by atoms with E-state index in [2.05, 4.69) is 41.4 Å². The van der Waals surface area contributed by atoms with E-state index in [0.29, 0.717) is 12.6 Å². The predicted octanol–water partition coefficient (Wildman–Crippen LogP) is 2.55. The van der Waals surface area contributed by atoms with E-state index in [0.717, 1.165) is 18.6 Å². The van der Waals surface area contributed by atoms with Gasteiger partial charge in [-0.15, -0.1) is 0 Å². The maximum Gasteiger partial charge on any atom is 0.0716 e. The monoisotopic (exact) mass is 274 g/mol. The Morgan fingerprint density at radius 1 is 1.25 bits per heavy atom. The van der Waals surface area contributed by atoms with Crippen molar-refractivity contribution < 1.29 is 4.74 Å². The minimum atomic E-state index is 0.640. The molecule has 0 spiro atoms. The molecule has 0 aromatic heterocycles. The Labute approximate surface area is 122 Å². The van der Waals surface area contributed by atoms with Crippen molar-refractivity contribution in [2.75, 3.05) is 13.7 Å². The topological polar surface area (TPSA) is 24.5 Å². The normalized spacial score (nSPS) is 27.1. The highest BCUT2D eigenvalue weighted by molar-refractivity contribution is 5.26. The van der Waals surface area contributed by atoms with Crippen LogP contribution < -0.4 is 5.32 Å². The van der Waals surface area contributed by atoms with Crippen LogP contribution in [0.5, 0.6) is 0 Å². The van der Waals surface area contributed by atoms with Crippen molar-refractivity contribution in [3.05, 3.63) is 35.4 Å². The molecular weight excluding hydrogens is 248 g/mol. The van der Waals surface area contributed by atoms with Gasteiger partial charge in [0.1, 0.15) is 0 Å². The highest BCUT2D eigenvalue weighted by Gasteiger charge is 2.38. The quantitative estimate of drug-likeness (QED) is 0.863. The van der Waals surface area contributed by atoms with E-state index in [9.17, 15) is 0 Å². The first-order valence-corrected chi connectivity index (χ1v) is 7.82. The van der Waals surface area contributed by atoms with Crippen LogP contribution in [-0.4, -0.2) is 36.7 Å². The molecule has 1 saturated heterocycles. The zero-order valence-corrected chi connectivity index (χ0v) is 12.6. The minimum absolute atomic E-state index is 0.640. The number of nitrogens with zero attached hydrogens (tertiary/aromatic N) is 1. The number of hydrogen-bond acceptors (Lipinski definition) is 3. The van der Waals surface area contributed by atoms with E-state index in [-0.39, 0.29) is 0 Å². The summed E-state index contributed by atoms with van der Waals surface area (Å²) < 4.78 is 5.28. The average molecular weight is 274 g/mol. The van der Waals surface area contributed by atoms with Crippen molar-refractivity contribution in [3.8, 4) is 0 Å². The summed E-state index contributed by atoms with van der Waals surface area (Å²) in [6, 6.07) is 10.8. The molecule has 0 amide bonds. The van der Waals surface area contributed by atoms with Crippen molar-refractivity contribution in [3.63, 3.8) is 0 Å². The summed E-state index contributed by atoms with van der Waals surface area (Å²) in [5.74, 6) is 0. The second-order valence-corrected chi connectivity index (χ2v) is 6.29. The molecule has 1 saturated carbocycles. The van der Waals surface area contributed by atoms with Gasteiger partial charge in [0.25, 0.3) is 0 Å². The molecule has 2 atom stereocenters. The van der Waals surface area contributed by atoms with Crippen LogP contribution in [-0.2, 0) is 17.9 Å².